The first-order valence-corrected chi connectivity index (χ1v) is 7.47. The highest BCUT2D eigenvalue weighted by molar-refractivity contribution is 6.36. The topological polar surface area (TPSA) is 137 Å². The third-order valence-corrected chi connectivity index (χ3v) is 2.91. The molecule has 0 saturated heterocycles. The third-order valence-electron chi connectivity index (χ3n) is 2.91. The van der Waals surface area contributed by atoms with Gasteiger partial charge in [-0.15, -0.1) is 0 Å². The number of rotatable bonds is 7. The standard InChI is InChI=1S/C15H20N4O6/c1-5-25-14(20)12(9-15(2,3)4)17-16-11-7-6-10(18(21)22)8-13(11)19(23)24/h6-8,16H,5,9H2,1-4H3/b17-12+. The van der Waals surface area contributed by atoms with E-state index < -0.39 is 27.2 Å². The molecule has 0 spiro atoms. The molecule has 10 nitrogen and oxygen atoms in total. The second-order valence-corrected chi connectivity index (χ2v) is 6.34. The summed E-state index contributed by atoms with van der Waals surface area (Å²) in [6, 6.07) is 3.10. The molecule has 1 aromatic carbocycles. The number of hydrogen-bond donors (Lipinski definition) is 1. The molecule has 0 aliphatic carbocycles. The van der Waals surface area contributed by atoms with E-state index in [-0.39, 0.29) is 29.8 Å². The average molecular weight is 352 g/mol. The van der Waals surface area contributed by atoms with E-state index in [9.17, 15) is 25.0 Å². The lowest BCUT2D eigenvalue weighted by Crippen LogP contribution is -2.24. The molecular formula is C15H20N4O6. The number of carbonyl (C=O) groups excluding carboxylic acids is 1. The molecule has 1 aromatic rings. The Labute approximate surface area is 144 Å². The van der Waals surface area contributed by atoms with Gasteiger partial charge in [0.1, 0.15) is 11.4 Å². The molecule has 0 bridgehead atoms. The van der Waals surface area contributed by atoms with Crippen molar-refractivity contribution < 1.29 is 19.4 Å². The Morgan fingerprint density at radius 1 is 1.24 bits per heavy atom. The monoisotopic (exact) mass is 352 g/mol. The van der Waals surface area contributed by atoms with Crippen LogP contribution < -0.4 is 5.43 Å². The highest BCUT2D eigenvalue weighted by Crippen LogP contribution is 2.29. The molecule has 0 unspecified atom stereocenters. The Morgan fingerprint density at radius 2 is 1.88 bits per heavy atom. The van der Waals surface area contributed by atoms with Gasteiger partial charge < -0.3 is 4.74 Å². The average Bonchev–Trinajstić information content (AvgIpc) is 2.50. The zero-order valence-electron chi connectivity index (χ0n) is 14.4. The van der Waals surface area contributed by atoms with Gasteiger partial charge in [0.2, 0.25) is 0 Å². The summed E-state index contributed by atoms with van der Waals surface area (Å²) in [5.41, 5.74) is 1.25. The fourth-order valence-electron chi connectivity index (χ4n) is 1.88. The Kier molecular flexibility index (Phi) is 6.54. The lowest BCUT2D eigenvalue weighted by molar-refractivity contribution is -0.393. The third kappa shape index (κ3) is 6.16. The highest BCUT2D eigenvalue weighted by atomic mass is 16.6. The van der Waals surface area contributed by atoms with Gasteiger partial charge in [0.25, 0.3) is 5.69 Å². The van der Waals surface area contributed by atoms with Crippen molar-refractivity contribution >= 4 is 28.7 Å². The summed E-state index contributed by atoms with van der Waals surface area (Å²) in [4.78, 5) is 32.3. The predicted molar refractivity (Wildman–Crippen MR) is 91.5 cm³/mol. The Balaban J connectivity index is 3.19. The van der Waals surface area contributed by atoms with Gasteiger partial charge in [-0.1, -0.05) is 20.8 Å². The molecule has 1 rings (SSSR count). The summed E-state index contributed by atoms with van der Waals surface area (Å²) in [6.45, 7) is 7.52. The molecule has 0 amide bonds. The van der Waals surface area contributed by atoms with Crippen molar-refractivity contribution in [2.45, 2.75) is 34.1 Å². The molecule has 0 heterocycles. The van der Waals surface area contributed by atoms with E-state index in [4.69, 9.17) is 4.74 Å². The van der Waals surface area contributed by atoms with Crippen molar-refractivity contribution in [1.29, 1.82) is 0 Å². The Morgan fingerprint density at radius 3 is 2.36 bits per heavy atom. The van der Waals surface area contributed by atoms with Crippen LogP contribution in [0, 0.1) is 25.6 Å². The largest absolute Gasteiger partial charge is 0.461 e. The zero-order chi connectivity index (χ0) is 19.2. The quantitative estimate of drug-likeness (QED) is 0.344. The smallest absolute Gasteiger partial charge is 0.354 e. The van der Waals surface area contributed by atoms with Crippen molar-refractivity contribution in [3.05, 3.63) is 38.4 Å². The minimum Gasteiger partial charge on any atom is -0.461 e. The summed E-state index contributed by atoms with van der Waals surface area (Å²) < 4.78 is 4.93. The molecule has 0 aliphatic rings. The van der Waals surface area contributed by atoms with Gasteiger partial charge >= 0.3 is 11.7 Å². The van der Waals surface area contributed by atoms with Crippen LogP contribution >= 0.6 is 0 Å². The predicted octanol–water partition coefficient (Wildman–Crippen LogP) is 3.27. The Bertz CT molecular complexity index is 708. The Hall–Kier alpha value is -3.04. The van der Waals surface area contributed by atoms with Gasteiger partial charge in [-0.05, 0) is 18.4 Å². The van der Waals surface area contributed by atoms with E-state index in [2.05, 4.69) is 10.5 Å². The van der Waals surface area contributed by atoms with Gasteiger partial charge in [-0.2, -0.15) is 5.10 Å². The van der Waals surface area contributed by atoms with Gasteiger partial charge in [0, 0.05) is 12.5 Å². The first kappa shape index (κ1) is 20.0. The number of benzene rings is 1. The lowest BCUT2D eigenvalue weighted by atomic mass is 9.89. The van der Waals surface area contributed by atoms with E-state index in [0.29, 0.717) is 0 Å². The fraction of sp³-hybridized carbons (Fsp3) is 0.467. The normalized spacial score (nSPS) is 11.8. The van der Waals surface area contributed by atoms with Crippen LogP contribution in [0.15, 0.2) is 23.3 Å². The number of carbonyl (C=O) groups is 1. The highest BCUT2D eigenvalue weighted by Gasteiger charge is 2.23. The zero-order valence-corrected chi connectivity index (χ0v) is 14.4. The van der Waals surface area contributed by atoms with Crippen LogP contribution in [0.2, 0.25) is 0 Å². The van der Waals surface area contributed by atoms with Crippen LogP contribution in [0.25, 0.3) is 0 Å². The lowest BCUT2D eigenvalue weighted by Gasteiger charge is -2.18. The molecule has 0 saturated carbocycles. The number of nitro groups is 2. The van der Waals surface area contributed by atoms with Crippen molar-refractivity contribution in [3.8, 4) is 0 Å². The SMILES string of the molecule is CCOC(=O)/C(CC(C)(C)C)=N/Nc1ccc([N+](=O)[O-])cc1[N+](=O)[O-]. The van der Waals surface area contributed by atoms with Gasteiger partial charge in [-0.25, -0.2) is 4.79 Å². The number of ether oxygens (including phenoxy) is 1. The second kappa shape index (κ2) is 8.18. The van der Waals surface area contributed by atoms with Crippen LogP contribution in [0.5, 0.6) is 0 Å². The molecule has 136 valence electrons. The summed E-state index contributed by atoms with van der Waals surface area (Å²) in [6.07, 6.45) is 0.277. The van der Waals surface area contributed by atoms with Crippen LogP contribution in [-0.2, 0) is 9.53 Å². The summed E-state index contributed by atoms with van der Waals surface area (Å²) in [7, 11) is 0. The molecule has 25 heavy (non-hydrogen) atoms. The first-order valence-electron chi connectivity index (χ1n) is 7.47. The molecule has 1 N–H and O–H groups in total. The van der Waals surface area contributed by atoms with E-state index >= 15 is 0 Å². The number of hydrogen-bond acceptors (Lipinski definition) is 8. The maximum atomic E-state index is 12.0. The number of non-ortho nitro benzene ring substituents is 1. The minimum absolute atomic E-state index is 0.0636. The molecule has 0 aromatic heterocycles. The van der Waals surface area contributed by atoms with Crippen molar-refractivity contribution in [2.75, 3.05) is 12.0 Å². The molecule has 10 heteroatoms. The van der Waals surface area contributed by atoms with Crippen LogP contribution in [0.3, 0.4) is 0 Å². The maximum Gasteiger partial charge on any atom is 0.354 e. The number of esters is 1. The molecule has 0 aliphatic heterocycles. The number of nitrogens with zero attached hydrogens (tertiary/aromatic N) is 3. The van der Waals surface area contributed by atoms with Crippen LogP contribution in [0.1, 0.15) is 34.1 Å². The van der Waals surface area contributed by atoms with Gasteiger partial charge in [0.15, 0.2) is 0 Å². The molecule has 0 fully saturated rings. The summed E-state index contributed by atoms with van der Waals surface area (Å²) in [5.74, 6) is -0.630. The van der Waals surface area contributed by atoms with Crippen molar-refractivity contribution in [2.24, 2.45) is 10.5 Å². The van der Waals surface area contributed by atoms with E-state index in [1.165, 1.54) is 6.07 Å². The number of anilines is 1. The number of nitrogens with one attached hydrogen (secondary N) is 1. The van der Waals surface area contributed by atoms with Crippen molar-refractivity contribution in [1.82, 2.24) is 0 Å². The van der Waals surface area contributed by atoms with E-state index in [0.717, 1.165) is 12.1 Å². The van der Waals surface area contributed by atoms with Gasteiger partial charge in [-0.3, -0.25) is 25.7 Å². The number of hydrazone groups is 1. The first-order chi connectivity index (χ1) is 11.5. The fourth-order valence-corrected chi connectivity index (χ4v) is 1.88. The van der Waals surface area contributed by atoms with Crippen molar-refractivity contribution in [3.63, 3.8) is 0 Å². The number of nitro benzene ring substituents is 2. The molecular weight excluding hydrogens is 332 g/mol. The second-order valence-electron chi connectivity index (χ2n) is 6.34. The minimum atomic E-state index is -0.765. The maximum absolute atomic E-state index is 12.0. The summed E-state index contributed by atoms with van der Waals surface area (Å²) >= 11 is 0. The van der Waals surface area contributed by atoms with Crippen LogP contribution in [-0.4, -0.2) is 28.1 Å². The van der Waals surface area contributed by atoms with E-state index in [1.807, 2.05) is 20.8 Å². The summed E-state index contributed by atoms with van der Waals surface area (Å²) in [5, 5.41) is 25.8. The molecule has 0 atom stereocenters. The van der Waals surface area contributed by atoms with Crippen LogP contribution in [0.4, 0.5) is 17.1 Å². The van der Waals surface area contributed by atoms with E-state index in [1.54, 1.807) is 6.92 Å². The van der Waals surface area contributed by atoms with Gasteiger partial charge in [0.05, 0.1) is 22.5 Å². The molecule has 0 radical (unpaired) electrons.